The molecule has 0 N–H and O–H groups in total. The molecule has 2 unspecified atom stereocenters. The fourth-order valence-corrected chi connectivity index (χ4v) is 11.5. The van der Waals surface area contributed by atoms with E-state index in [9.17, 15) is 0 Å². The molecule has 11 aromatic rings. The van der Waals surface area contributed by atoms with Gasteiger partial charge < -0.3 is 9.47 Å². The average Bonchev–Trinajstić information content (AvgIpc) is 3.78. The first-order valence-corrected chi connectivity index (χ1v) is 25.6. The number of benzene rings is 10. The molecule has 2 atom stereocenters. The molecule has 348 valence electrons. The van der Waals surface area contributed by atoms with E-state index in [1.807, 2.05) is 0 Å². The highest BCUT2D eigenvalue weighted by Gasteiger charge is 2.23. The topological polar surface area (TPSA) is 8.17 Å². The lowest BCUT2D eigenvalue weighted by molar-refractivity contribution is 0.642. The number of rotatable bonds is 9. The maximum Gasteiger partial charge on any atom is 0.0619 e. The zero-order valence-electron chi connectivity index (χ0n) is 41.4. The number of hydrogen-bond acceptors (Lipinski definition) is 1. The highest BCUT2D eigenvalue weighted by molar-refractivity contribution is 6.22. The smallest absolute Gasteiger partial charge is 0.0619 e. The number of anilines is 3. The van der Waals surface area contributed by atoms with Crippen LogP contribution in [0.3, 0.4) is 0 Å². The molecule has 1 aromatic heterocycles. The molecule has 2 nitrogen and oxygen atoms in total. The Morgan fingerprint density at radius 1 is 0.493 bits per heavy atom. The Bertz CT molecular complexity index is 4160. The van der Waals surface area contributed by atoms with Crippen LogP contribution in [0.25, 0.3) is 93.7 Å². The SMILES string of the molecule is CC(C)=C(C)c1cc(-c2cc3c4cc(-c5ccc(N(c6ccc7ccccc7c6)c6cccc7ccccc67)cc5)ccc4n(-c4ccccc4)c3c3ccccc23)ccc1/C=C\C1C=CC=C2C=CC=CC21. The zero-order chi connectivity index (χ0) is 49.0. The zero-order valence-corrected chi connectivity index (χ0v) is 41.4. The molecular weight excluding hydrogens is 881 g/mol. The molecule has 0 aliphatic heterocycles. The largest absolute Gasteiger partial charge is 0.310 e. The van der Waals surface area contributed by atoms with Crippen molar-refractivity contribution >= 4 is 82.8 Å². The minimum atomic E-state index is 0.303. The van der Waals surface area contributed by atoms with Crippen LogP contribution in [-0.4, -0.2) is 4.57 Å². The van der Waals surface area contributed by atoms with E-state index in [2.05, 4.69) is 291 Å². The van der Waals surface area contributed by atoms with Crippen LogP contribution in [0.15, 0.2) is 266 Å². The molecule has 0 spiro atoms. The quantitative estimate of drug-likeness (QED) is 0.140. The van der Waals surface area contributed by atoms with Crippen molar-refractivity contribution in [3.8, 4) is 27.9 Å². The number of hydrogen-bond donors (Lipinski definition) is 0. The van der Waals surface area contributed by atoms with Crippen molar-refractivity contribution in [3.05, 3.63) is 277 Å². The van der Waals surface area contributed by atoms with Crippen LogP contribution in [0.1, 0.15) is 31.9 Å². The van der Waals surface area contributed by atoms with E-state index < -0.39 is 0 Å². The minimum Gasteiger partial charge on any atom is -0.310 e. The molecule has 0 bridgehead atoms. The van der Waals surface area contributed by atoms with Gasteiger partial charge in [-0.05, 0) is 154 Å². The number of allylic oxidation sites excluding steroid dienone is 11. The summed E-state index contributed by atoms with van der Waals surface area (Å²) in [6, 6.07) is 76.3. The molecule has 2 aliphatic rings. The normalized spacial score (nSPS) is 15.2. The van der Waals surface area contributed by atoms with E-state index in [1.54, 1.807) is 0 Å². The molecule has 2 heteroatoms. The number of para-hydroxylation sites is 1. The first-order chi connectivity index (χ1) is 35.9. The van der Waals surface area contributed by atoms with Gasteiger partial charge in [0.15, 0.2) is 0 Å². The number of nitrogens with zero attached hydrogens (tertiary/aromatic N) is 2. The Kier molecular flexibility index (Phi) is 11.0. The van der Waals surface area contributed by atoms with Gasteiger partial charge in [0.25, 0.3) is 0 Å². The van der Waals surface area contributed by atoms with Gasteiger partial charge in [-0.2, -0.15) is 0 Å². The monoisotopic (exact) mass is 934 g/mol. The first-order valence-electron chi connectivity index (χ1n) is 25.6. The number of fused-ring (bicyclic) bond motifs is 8. The second-order valence-electron chi connectivity index (χ2n) is 19.9. The Morgan fingerprint density at radius 3 is 2.04 bits per heavy atom. The lowest BCUT2D eigenvalue weighted by atomic mass is 9.79. The van der Waals surface area contributed by atoms with Crippen molar-refractivity contribution in [2.24, 2.45) is 11.8 Å². The van der Waals surface area contributed by atoms with Gasteiger partial charge in [0.2, 0.25) is 0 Å². The van der Waals surface area contributed by atoms with Gasteiger partial charge >= 0.3 is 0 Å². The lowest BCUT2D eigenvalue weighted by Gasteiger charge is -2.27. The maximum atomic E-state index is 2.47. The van der Waals surface area contributed by atoms with Crippen LogP contribution in [-0.2, 0) is 0 Å². The van der Waals surface area contributed by atoms with E-state index in [4.69, 9.17) is 0 Å². The standard InChI is InChI=1S/C71H54N2/c1-47(2)48(3)65-45-57(34-33-54(65)32-31-53-22-15-21-51-18-9-11-26-61(51)53)66-46-68-67-44-56(38-42-70(67)73(58-24-5-4-6-25-58)71(68)64-29-14-13-28-63(64)66)50-35-39-59(40-36-50)72(60-41-37-49-17-7-8-20-55(49)43-60)69-30-16-23-52-19-10-12-27-62(52)69/h4-46,53,61H,1-3H3/b32-31-. The second kappa shape index (κ2) is 18.3. The maximum absolute atomic E-state index is 2.47. The number of aromatic nitrogens is 1. The van der Waals surface area contributed by atoms with Crippen LogP contribution < -0.4 is 4.90 Å². The Hall–Kier alpha value is -8.98. The van der Waals surface area contributed by atoms with E-state index in [0.29, 0.717) is 11.8 Å². The molecule has 10 aromatic carbocycles. The van der Waals surface area contributed by atoms with Crippen LogP contribution >= 0.6 is 0 Å². The summed E-state index contributed by atoms with van der Waals surface area (Å²) in [5.74, 6) is 0.665. The summed E-state index contributed by atoms with van der Waals surface area (Å²) >= 11 is 0. The van der Waals surface area contributed by atoms with Gasteiger partial charge in [0, 0.05) is 50.4 Å². The molecule has 0 radical (unpaired) electrons. The molecule has 73 heavy (non-hydrogen) atoms. The first kappa shape index (κ1) is 44.0. The van der Waals surface area contributed by atoms with Crippen LogP contribution in [0.2, 0.25) is 0 Å². The third-order valence-electron chi connectivity index (χ3n) is 15.4. The van der Waals surface area contributed by atoms with E-state index in [1.165, 1.54) is 104 Å². The fraction of sp³-hybridized carbons (Fsp3) is 0.0704. The van der Waals surface area contributed by atoms with Crippen LogP contribution in [0.4, 0.5) is 17.1 Å². The Labute approximate surface area is 427 Å². The summed E-state index contributed by atoms with van der Waals surface area (Å²) in [6.45, 7) is 6.73. The minimum absolute atomic E-state index is 0.303. The van der Waals surface area contributed by atoms with Crippen molar-refractivity contribution < 1.29 is 0 Å². The summed E-state index contributed by atoms with van der Waals surface area (Å²) < 4.78 is 2.47. The highest BCUT2D eigenvalue weighted by atomic mass is 15.1. The van der Waals surface area contributed by atoms with Gasteiger partial charge in [-0.25, -0.2) is 0 Å². The molecular formula is C71H54N2. The predicted molar refractivity (Wildman–Crippen MR) is 314 cm³/mol. The van der Waals surface area contributed by atoms with Gasteiger partial charge in [-0.15, -0.1) is 0 Å². The Morgan fingerprint density at radius 2 is 1.21 bits per heavy atom. The predicted octanol–water partition coefficient (Wildman–Crippen LogP) is 19.7. The summed E-state index contributed by atoms with van der Waals surface area (Å²) in [4.78, 5) is 2.40. The highest BCUT2D eigenvalue weighted by Crippen LogP contribution is 2.45. The summed E-state index contributed by atoms with van der Waals surface area (Å²) in [5.41, 5.74) is 18.2. The van der Waals surface area contributed by atoms with Gasteiger partial charge in [0.1, 0.15) is 0 Å². The van der Waals surface area contributed by atoms with Crippen molar-refractivity contribution in [2.45, 2.75) is 20.8 Å². The van der Waals surface area contributed by atoms with Gasteiger partial charge in [0.05, 0.1) is 16.7 Å². The van der Waals surface area contributed by atoms with E-state index in [-0.39, 0.29) is 0 Å². The molecule has 0 fully saturated rings. The van der Waals surface area contributed by atoms with E-state index >= 15 is 0 Å². The Balaban J connectivity index is 0.954. The van der Waals surface area contributed by atoms with Crippen LogP contribution in [0.5, 0.6) is 0 Å². The molecule has 0 saturated carbocycles. The molecule has 13 rings (SSSR count). The van der Waals surface area contributed by atoms with Crippen molar-refractivity contribution in [1.82, 2.24) is 4.57 Å². The van der Waals surface area contributed by atoms with Crippen molar-refractivity contribution in [2.75, 3.05) is 4.90 Å². The molecule has 2 aliphatic carbocycles. The molecule has 1 heterocycles. The average molecular weight is 935 g/mol. The summed E-state index contributed by atoms with van der Waals surface area (Å²) in [6.07, 6.45) is 20.4. The van der Waals surface area contributed by atoms with Crippen molar-refractivity contribution in [1.29, 1.82) is 0 Å². The van der Waals surface area contributed by atoms with Crippen LogP contribution in [0, 0.1) is 11.8 Å². The van der Waals surface area contributed by atoms with Crippen molar-refractivity contribution in [3.63, 3.8) is 0 Å². The lowest BCUT2D eigenvalue weighted by Crippen LogP contribution is -2.14. The van der Waals surface area contributed by atoms with E-state index in [0.717, 1.165) is 22.7 Å². The van der Waals surface area contributed by atoms with Gasteiger partial charge in [-0.3, -0.25) is 0 Å². The molecule has 0 amide bonds. The molecule has 0 saturated heterocycles. The van der Waals surface area contributed by atoms with Gasteiger partial charge in [-0.1, -0.05) is 200 Å². The summed E-state index contributed by atoms with van der Waals surface area (Å²) in [7, 11) is 0. The third kappa shape index (κ3) is 7.84. The fourth-order valence-electron chi connectivity index (χ4n) is 11.5. The summed E-state index contributed by atoms with van der Waals surface area (Å²) in [5, 5.41) is 9.80. The third-order valence-corrected chi connectivity index (χ3v) is 15.4. The second-order valence-corrected chi connectivity index (χ2v) is 19.9.